The minimum atomic E-state index is -4.58. The number of nitrogens with zero attached hydrogens (tertiary/aromatic N) is 1. The highest BCUT2D eigenvalue weighted by molar-refractivity contribution is 7.60. The summed E-state index contributed by atoms with van der Waals surface area (Å²) in [4.78, 5) is 40.8. The van der Waals surface area contributed by atoms with E-state index in [-0.39, 0.29) is 16.6 Å². The highest BCUT2D eigenvalue weighted by Crippen LogP contribution is 2.36. The third-order valence-corrected chi connectivity index (χ3v) is 3.83. The van der Waals surface area contributed by atoms with Crippen LogP contribution in [0, 0.1) is 10.1 Å². The van der Waals surface area contributed by atoms with Crippen molar-refractivity contribution in [3.63, 3.8) is 0 Å². The van der Waals surface area contributed by atoms with Crippen molar-refractivity contribution in [2.75, 3.05) is 5.32 Å². The van der Waals surface area contributed by atoms with Crippen LogP contribution in [0.4, 0.5) is 11.4 Å². The van der Waals surface area contributed by atoms with Gasteiger partial charge >= 0.3 is 7.60 Å². The first kappa shape index (κ1) is 15.8. The molecule has 0 fully saturated rings. The maximum atomic E-state index is 12.2. The van der Waals surface area contributed by atoms with Gasteiger partial charge in [-0.25, -0.2) is 0 Å². The molecule has 0 aromatic heterocycles. The first-order chi connectivity index (χ1) is 10.3. The lowest BCUT2D eigenvalue weighted by molar-refractivity contribution is -0.385. The standard InChI is InChI=1S/C13H11N2O6P/c16-13(9-5-1-3-7-11(9)15(17)18)14-10-6-2-4-8-12(10)22(19,20)21/h1-8H,(H,14,16)(H2,19,20,21). The molecular formula is C13H11N2O6P. The van der Waals surface area contributed by atoms with Crippen molar-refractivity contribution in [3.8, 4) is 0 Å². The predicted molar refractivity (Wildman–Crippen MR) is 79.2 cm³/mol. The third-order valence-electron chi connectivity index (χ3n) is 2.81. The van der Waals surface area contributed by atoms with E-state index in [0.29, 0.717) is 0 Å². The Morgan fingerprint density at radius 2 is 1.68 bits per heavy atom. The summed E-state index contributed by atoms with van der Waals surface area (Å²) in [7, 11) is -4.58. The van der Waals surface area contributed by atoms with Gasteiger partial charge in [-0.2, -0.15) is 0 Å². The van der Waals surface area contributed by atoms with E-state index < -0.39 is 24.1 Å². The molecule has 0 saturated heterocycles. The average Bonchev–Trinajstić information content (AvgIpc) is 2.46. The molecule has 2 rings (SSSR count). The van der Waals surface area contributed by atoms with Gasteiger partial charge in [0.1, 0.15) is 5.56 Å². The molecule has 0 radical (unpaired) electrons. The van der Waals surface area contributed by atoms with Crippen LogP contribution >= 0.6 is 7.60 Å². The fourth-order valence-electron chi connectivity index (χ4n) is 1.85. The van der Waals surface area contributed by atoms with E-state index in [4.69, 9.17) is 0 Å². The molecule has 0 spiro atoms. The molecule has 0 aliphatic rings. The highest BCUT2D eigenvalue weighted by Gasteiger charge is 2.24. The molecule has 2 aromatic rings. The minimum Gasteiger partial charge on any atom is -0.321 e. The Bertz CT molecular complexity index is 786. The zero-order valence-corrected chi connectivity index (χ0v) is 11.9. The molecule has 0 bridgehead atoms. The Morgan fingerprint density at radius 1 is 1.09 bits per heavy atom. The van der Waals surface area contributed by atoms with Crippen LogP contribution in [-0.4, -0.2) is 20.6 Å². The maximum Gasteiger partial charge on any atom is 0.358 e. The number of para-hydroxylation sites is 2. The van der Waals surface area contributed by atoms with Gasteiger partial charge in [-0.05, 0) is 18.2 Å². The van der Waals surface area contributed by atoms with E-state index in [1.54, 1.807) is 0 Å². The van der Waals surface area contributed by atoms with Crippen molar-refractivity contribution in [2.45, 2.75) is 0 Å². The topological polar surface area (TPSA) is 130 Å². The number of nitrogens with one attached hydrogen (secondary N) is 1. The number of carbonyl (C=O) groups excluding carboxylic acids is 1. The van der Waals surface area contributed by atoms with Crippen LogP contribution in [0.25, 0.3) is 0 Å². The molecule has 1 amide bonds. The zero-order chi connectivity index (χ0) is 16.3. The van der Waals surface area contributed by atoms with Crippen LogP contribution in [0.15, 0.2) is 48.5 Å². The van der Waals surface area contributed by atoms with Crippen molar-refractivity contribution >= 4 is 30.2 Å². The van der Waals surface area contributed by atoms with Crippen molar-refractivity contribution in [1.29, 1.82) is 0 Å². The second-order valence-electron chi connectivity index (χ2n) is 4.29. The smallest absolute Gasteiger partial charge is 0.321 e. The van der Waals surface area contributed by atoms with Crippen LogP contribution in [0.3, 0.4) is 0 Å². The fraction of sp³-hybridized carbons (Fsp3) is 0. The maximum absolute atomic E-state index is 12.2. The third kappa shape index (κ3) is 3.37. The molecule has 0 atom stereocenters. The van der Waals surface area contributed by atoms with E-state index >= 15 is 0 Å². The molecule has 2 aromatic carbocycles. The SMILES string of the molecule is O=C(Nc1ccccc1P(=O)(O)O)c1ccccc1[N+](=O)[O-]. The molecular weight excluding hydrogens is 311 g/mol. The van der Waals surface area contributed by atoms with Gasteiger partial charge in [-0.1, -0.05) is 24.3 Å². The van der Waals surface area contributed by atoms with Crippen molar-refractivity contribution in [2.24, 2.45) is 0 Å². The molecule has 0 aliphatic heterocycles. The number of amides is 1. The molecule has 9 heteroatoms. The number of hydrogen-bond donors (Lipinski definition) is 3. The summed E-state index contributed by atoms with van der Waals surface area (Å²) in [6.45, 7) is 0. The first-order valence-electron chi connectivity index (χ1n) is 6.00. The lowest BCUT2D eigenvalue weighted by atomic mass is 10.1. The van der Waals surface area contributed by atoms with E-state index in [1.165, 1.54) is 48.5 Å². The van der Waals surface area contributed by atoms with E-state index in [1.807, 2.05) is 0 Å². The Balaban J connectivity index is 2.39. The average molecular weight is 322 g/mol. The number of benzene rings is 2. The van der Waals surface area contributed by atoms with Gasteiger partial charge in [-0.3, -0.25) is 19.5 Å². The Kier molecular flexibility index (Phi) is 4.37. The molecule has 0 aliphatic carbocycles. The molecule has 114 valence electrons. The van der Waals surface area contributed by atoms with Crippen molar-refractivity contribution < 1.29 is 24.1 Å². The van der Waals surface area contributed by atoms with Gasteiger partial charge in [0, 0.05) is 6.07 Å². The van der Waals surface area contributed by atoms with E-state index in [2.05, 4.69) is 5.32 Å². The predicted octanol–water partition coefficient (Wildman–Crippen LogP) is 1.65. The largest absolute Gasteiger partial charge is 0.358 e. The van der Waals surface area contributed by atoms with Gasteiger partial charge < -0.3 is 15.1 Å². The van der Waals surface area contributed by atoms with Crippen LogP contribution < -0.4 is 10.6 Å². The van der Waals surface area contributed by atoms with Gasteiger partial charge in [0.05, 0.1) is 15.9 Å². The molecule has 0 unspecified atom stereocenters. The van der Waals surface area contributed by atoms with Gasteiger partial charge in [0.25, 0.3) is 11.6 Å². The molecule has 0 heterocycles. The Morgan fingerprint density at radius 3 is 2.32 bits per heavy atom. The molecule has 0 saturated carbocycles. The summed E-state index contributed by atoms with van der Waals surface area (Å²) in [6, 6.07) is 10.7. The van der Waals surface area contributed by atoms with Gasteiger partial charge in [0.15, 0.2) is 0 Å². The molecule has 22 heavy (non-hydrogen) atoms. The van der Waals surface area contributed by atoms with E-state index in [9.17, 15) is 29.3 Å². The zero-order valence-electron chi connectivity index (χ0n) is 11.0. The van der Waals surface area contributed by atoms with Crippen LogP contribution in [-0.2, 0) is 4.57 Å². The summed E-state index contributed by atoms with van der Waals surface area (Å²) in [6.07, 6.45) is 0. The first-order valence-corrected chi connectivity index (χ1v) is 7.62. The van der Waals surface area contributed by atoms with Crippen molar-refractivity contribution in [1.82, 2.24) is 0 Å². The van der Waals surface area contributed by atoms with Crippen LogP contribution in [0.2, 0.25) is 0 Å². The second-order valence-corrected chi connectivity index (χ2v) is 5.86. The number of nitro groups is 1. The number of hydrogen-bond acceptors (Lipinski definition) is 4. The second kappa shape index (κ2) is 6.07. The number of carbonyl (C=O) groups is 1. The number of nitro benzene ring substituents is 1. The number of anilines is 1. The summed E-state index contributed by atoms with van der Waals surface area (Å²) in [5.41, 5.74) is -0.694. The normalized spacial score (nSPS) is 11.0. The highest BCUT2D eigenvalue weighted by atomic mass is 31.2. The van der Waals surface area contributed by atoms with Crippen molar-refractivity contribution in [3.05, 3.63) is 64.2 Å². The summed E-state index contributed by atoms with van der Waals surface area (Å²) >= 11 is 0. The monoisotopic (exact) mass is 322 g/mol. The fourth-order valence-corrected chi connectivity index (χ4v) is 2.57. The lowest BCUT2D eigenvalue weighted by Crippen LogP contribution is -2.19. The Hall–Kier alpha value is -2.54. The summed E-state index contributed by atoms with van der Waals surface area (Å²) in [5.74, 6) is -0.826. The summed E-state index contributed by atoms with van der Waals surface area (Å²) < 4.78 is 11.4. The summed E-state index contributed by atoms with van der Waals surface area (Å²) in [5, 5.41) is 12.8. The van der Waals surface area contributed by atoms with Crippen LogP contribution in [0.1, 0.15) is 10.4 Å². The minimum absolute atomic E-state index is 0.0982. The van der Waals surface area contributed by atoms with Crippen LogP contribution in [0.5, 0.6) is 0 Å². The van der Waals surface area contributed by atoms with Gasteiger partial charge in [-0.15, -0.1) is 0 Å². The van der Waals surface area contributed by atoms with E-state index in [0.717, 1.165) is 0 Å². The number of rotatable bonds is 4. The Labute approximate surface area is 124 Å². The molecule has 3 N–H and O–H groups in total. The molecule has 8 nitrogen and oxygen atoms in total. The van der Waals surface area contributed by atoms with Gasteiger partial charge in [0.2, 0.25) is 0 Å². The lowest BCUT2D eigenvalue weighted by Gasteiger charge is -2.12. The quantitative estimate of drug-likeness (QED) is 0.446.